The highest BCUT2D eigenvalue weighted by atomic mass is 35.5. The monoisotopic (exact) mass is 458 g/mol. The second-order valence-corrected chi connectivity index (χ2v) is 7.88. The Labute approximate surface area is 194 Å². The topological polar surface area (TPSA) is 82.2 Å². The number of furan rings is 1. The summed E-state index contributed by atoms with van der Waals surface area (Å²) in [6.07, 6.45) is 0. The molecule has 0 unspecified atom stereocenters. The number of hydrogen-bond donors (Lipinski definition) is 1. The van der Waals surface area contributed by atoms with Crippen LogP contribution in [0.2, 0.25) is 5.02 Å². The van der Waals surface area contributed by atoms with E-state index in [1.165, 1.54) is 0 Å². The zero-order valence-corrected chi connectivity index (χ0v) is 18.6. The van der Waals surface area contributed by atoms with Crippen molar-refractivity contribution in [3.05, 3.63) is 89.1 Å². The van der Waals surface area contributed by atoms with Gasteiger partial charge in [-0.1, -0.05) is 23.7 Å². The molecule has 2 heterocycles. The van der Waals surface area contributed by atoms with Gasteiger partial charge in [-0.15, -0.1) is 10.2 Å². The molecule has 2 aromatic heterocycles. The summed E-state index contributed by atoms with van der Waals surface area (Å²) in [5.74, 6) is 1.16. The van der Waals surface area contributed by atoms with Gasteiger partial charge < -0.3 is 14.5 Å². The van der Waals surface area contributed by atoms with Crippen LogP contribution in [0.1, 0.15) is 16.1 Å². The van der Waals surface area contributed by atoms with E-state index in [1.54, 1.807) is 42.2 Å². The highest BCUT2D eigenvalue weighted by Crippen LogP contribution is 2.27. The van der Waals surface area contributed by atoms with E-state index in [0.29, 0.717) is 27.5 Å². The number of anilines is 1. The van der Waals surface area contributed by atoms with Gasteiger partial charge in [-0.2, -0.15) is 4.80 Å². The van der Waals surface area contributed by atoms with Crippen molar-refractivity contribution in [2.45, 2.75) is 6.92 Å². The minimum Gasteiger partial charge on any atom is -0.497 e. The van der Waals surface area contributed by atoms with Gasteiger partial charge >= 0.3 is 0 Å². The normalized spacial score (nSPS) is 11.0. The van der Waals surface area contributed by atoms with Crippen molar-refractivity contribution in [2.24, 2.45) is 0 Å². The molecule has 0 radical (unpaired) electrons. The molecule has 164 valence electrons. The number of nitrogens with zero attached hydrogens (tertiary/aromatic N) is 3. The van der Waals surface area contributed by atoms with Crippen molar-refractivity contribution >= 4 is 34.2 Å². The van der Waals surface area contributed by atoms with Crippen LogP contribution in [0, 0.1) is 6.92 Å². The number of hydrogen-bond acceptors (Lipinski definition) is 5. The molecule has 0 aliphatic heterocycles. The van der Waals surface area contributed by atoms with Crippen molar-refractivity contribution in [1.29, 1.82) is 0 Å². The number of carbonyl (C=O) groups excluding carboxylic acids is 1. The Morgan fingerprint density at radius 2 is 1.76 bits per heavy atom. The fourth-order valence-electron chi connectivity index (χ4n) is 3.38. The van der Waals surface area contributed by atoms with E-state index in [1.807, 2.05) is 49.4 Å². The SMILES string of the molecule is COc1ccc(-n2nc3ccc(NC(=O)c4ccc(-c5ccc(C)c(Cl)c5)o4)cc3n2)cc1. The van der Waals surface area contributed by atoms with E-state index in [4.69, 9.17) is 20.8 Å². The Morgan fingerprint density at radius 3 is 2.52 bits per heavy atom. The van der Waals surface area contributed by atoms with Crippen molar-refractivity contribution in [3.63, 3.8) is 0 Å². The molecule has 5 aromatic rings. The molecular formula is C25H19ClN4O3. The first-order valence-corrected chi connectivity index (χ1v) is 10.6. The van der Waals surface area contributed by atoms with Crippen LogP contribution in [0.15, 0.2) is 77.2 Å². The summed E-state index contributed by atoms with van der Waals surface area (Å²) in [4.78, 5) is 14.3. The number of halogens is 1. The Morgan fingerprint density at radius 1 is 0.970 bits per heavy atom. The smallest absolute Gasteiger partial charge is 0.291 e. The van der Waals surface area contributed by atoms with Gasteiger partial charge in [0.1, 0.15) is 22.5 Å². The van der Waals surface area contributed by atoms with E-state index in [9.17, 15) is 4.79 Å². The van der Waals surface area contributed by atoms with Crippen molar-refractivity contribution in [2.75, 3.05) is 12.4 Å². The van der Waals surface area contributed by atoms with Gasteiger partial charge in [0.25, 0.3) is 5.91 Å². The molecule has 5 rings (SSSR count). The lowest BCUT2D eigenvalue weighted by atomic mass is 10.1. The number of benzene rings is 3. The highest BCUT2D eigenvalue weighted by Gasteiger charge is 2.14. The summed E-state index contributed by atoms with van der Waals surface area (Å²) >= 11 is 6.20. The Kier molecular flexibility index (Phi) is 5.32. The number of ether oxygens (including phenoxy) is 1. The molecule has 0 atom stereocenters. The molecule has 0 bridgehead atoms. The Balaban J connectivity index is 1.35. The lowest BCUT2D eigenvalue weighted by molar-refractivity contribution is 0.0997. The number of fused-ring (bicyclic) bond motifs is 1. The zero-order valence-electron chi connectivity index (χ0n) is 17.9. The summed E-state index contributed by atoms with van der Waals surface area (Å²) in [7, 11) is 1.62. The lowest BCUT2D eigenvalue weighted by Crippen LogP contribution is -2.10. The lowest BCUT2D eigenvalue weighted by Gasteiger charge is -2.03. The number of amides is 1. The number of methoxy groups -OCH3 is 1. The van der Waals surface area contributed by atoms with E-state index < -0.39 is 0 Å². The van der Waals surface area contributed by atoms with Crippen LogP contribution in [-0.4, -0.2) is 28.0 Å². The molecule has 0 saturated carbocycles. The van der Waals surface area contributed by atoms with Gasteiger partial charge in [-0.25, -0.2) is 0 Å². The molecule has 8 heteroatoms. The van der Waals surface area contributed by atoms with Crippen molar-refractivity contribution in [1.82, 2.24) is 15.0 Å². The van der Waals surface area contributed by atoms with Gasteiger partial charge in [0.15, 0.2) is 5.76 Å². The summed E-state index contributed by atoms with van der Waals surface area (Å²) in [5.41, 5.74) is 4.53. The molecule has 0 aliphatic rings. The number of aryl methyl sites for hydroxylation is 1. The second-order valence-electron chi connectivity index (χ2n) is 7.47. The largest absolute Gasteiger partial charge is 0.497 e. The van der Waals surface area contributed by atoms with Gasteiger partial charge in [0.2, 0.25) is 0 Å². The minimum atomic E-state index is -0.360. The maximum absolute atomic E-state index is 12.7. The fraction of sp³-hybridized carbons (Fsp3) is 0.0800. The average Bonchev–Trinajstić information content (AvgIpc) is 3.48. The van der Waals surface area contributed by atoms with E-state index in [2.05, 4.69) is 15.5 Å². The fourth-order valence-corrected chi connectivity index (χ4v) is 3.56. The second kappa shape index (κ2) is 8.44. The Bertz CT molecular complexity index is 1470. The molecule has 0 fully saturated rings. The number of carbonyl (C=O) groups is 1. The minimum absolute atomic E-state index is 0.198. The molecule has 0 spiro atoms. The number of rotatable bonds is 5. The molecule has 1 N–H and O–H groups in total. The summed E-state index contributed by atoms with van der Waals surface area (Å²) < 4.78 is 10.9. The van der Waals surface area contributed by atoms with E-state index in [0.717, 1.165) is 22.6 Å². The third kappa shape index (κ3) is 4.18. The predicted molar refractivity (Wildman–Crippen MR) is 127 cm³/mol. The Hall–Kier alpha value is -4.10. The third-order valence-corrected chi connectivity index (χ3v) is 5.63. The van der Waals surface area contributed by atoms with Crippen molar-refractivity contribution in [3.8, 4) is 22.8 Å². The standard InChI is InChI=1S/C25H19ClN4O3/c1-15-3-4-16(13-20(15)26)23-11-12-24(33-23)25(31)27-17-5-10-21-22(14-17)29-30(28-21)18-6-8-19(32-2)9-7-18/h3-14H,1-2H3,(H,27,31). The van der Waals surface area contributed by atoms with Crippen LogP contribution in [0.3, 0.4) is 0 Å². The maximum atomic E-state index is 12.7. The first-order valence-electron chi connectivity index (χ1n) is 10.2. The molecule has 1 amide bonds. The van der Waals surface area contributed by atoms with Gasteiger partial charge in [-0.3, -0.25) is 4.79 Å². The van der Waals surface area contributed by atoms with Gasteiger partial charge in [-0.05, 0) is 73.2 Å². The quantitative estimate of drug-likeness (QED) is 0.354. The van der Waals surface area contributed by atoms with Gasteiger partial charge in [0.05, 0.1) is 12.8 Å². The van der Waals surface area contributed by atoms with Crippen molar-refractivity contribution < 1.29 is 13.9 Å². The van der Waals surface area contributed by atoms with Crippen LogP contribution in [-0.2, 0) is 0 Å². The highest BCUT2D eigenvalue weighted by molar-refractivity contribution is 6.31. The first-order chi connectivity index (χ1) is 16.0. The predicted octanol–water partition coefficient (Wildman–Crippen LogP) is 5.90. The number of nitrogens with one attached hydrogen (secondary N) is 1. The van der Waals surface area contributed by atoms with Crippen LogP contribution in [0.25, 0.3) is 28.0 Å². The molecule has 33 heavy (non-hydrogen) atoms. The van der Waals surface area contributed by atoms with Crippen LogP contribution < -0.4 is 10.1 Å². The maximum Gasteiger partial charge on any atom is 0.291 e. The molecule has 0 saturated heterocycles. The molecular weight excluding hydrogens is 440 g/mol. The summed E-state index contributed by atoms with van der Waals surface area (Å²) in [6, 6.07) is 21.8. The van der Waals surface area contributed by atoms with Gasteiger partial charge in [0, 0.05) is 16.3 Å². The molecule has 0 aliphatic carbocycles. The summed E-state index contributed by atoms with van der Waals surface area (Å²) in [6.45, 7) is 1.93. The first kappa shape index (κ1) is 20.8. The zero-order chi connectivity index (χ0) is 22.9. The molecule has 3 aromatic carbocycles. The average molecular weight is 459 g/mol. The van der Waals surface area contributed by atoms with Crippen LogP contribution in [0.4, 0.5) is 5.69 Å². The summed E-state index contributed by atoms with van der Waals surface area (Å²) in [5, 5.41) is 12.5. The number of aromatic nitrogens is 3. The van der Waals surface area contributed by atoms with E-state index in [-0.39, 0.29) is 11.7 Å². The van der Waals surface area contributed by atoms with Crippen LogP contribution in [0.5, 0.6) is 5.75 Å². The molecule has 7 nitrogen and oxygen atoms in total. The third-order valence-electron chi connectivity index (χ3n) is 5.23. The van der Waals surface area contributed by atoms with E-state index >= 15 is 0 Å². The van der Waals surface area contributed by atoms with Crippen LogP contribution >= 0.6 is 11.6 Å².